The number of nitrogens with one attached hydrogen (secondary N) is 1. The number of benzene rings is 2. The average molecular weight is 460 g/mol. The lowest BCUT2D eigenvalue weighted by molar-refractivity contribution is -0.115. The number of primary amides is 1. The Balaban J connectivity index is 1.88. The number of carbonyl (C=O) groups is 1. The molecule has 1 aliphatic heterocycles. The quantitative estimate of drug-likeness (QED) is 0.596. The first-order chi connectivity index (χ1) is 14.8. The van der Waals surface area contributed by atoms with E-state index in [9.17, 15) is 4.79 Å². The molecule has 0 saturated heterocycles. The van der Waals surface area contributed by atoms with E-state index in [2.05, 4.69) is 15.4 Å². The highest BCUT2D eigenvalue weighted by Gasteiger charge is 2.34. The molecule has 1 unspecified atom stereocenters. The average Bonchev–Trinajstić information content (AvgIpc) is 3.17. The van der Waals surface area contributed by atoms with Crippen LogP contribution in [0, 0.1) is 0 Å². The normalized spacial score (nSPS) is 15.3. The first kappa shape index (κ1) is 21.0. The van der Waals surface area contributed by atoms with Crippen molar-refractivity contribution < 1.29 is 14.3 Å². The van der Waals surface area contributed by atoms with Gasteiger partial charge in [-0.1, -0.05) is 29.3 Å². The molecule has 1 aliphatic rings. The van der Waals surface area contributed by atoms with Crippen molar-refractivity contribution in [1.29, 1.82) is 0 Å². The van der Waals surface area contributed by atoms with Crippen molar-refractivity contribution in [2.45, 2.75) is 13.0 Å². The SMILES string of the molecule is COc1ccc(C2C(C(N)=O)=C(C)Nc3nc(-c4ccc(Cl)c(Cl)c4)nn32)cc1OC. The number of amides is 1. The van der Waals surface area contributed by atoms with E-state index < -0.39 is 11.9 Å². The monoisotopic (exact) mass is 459 g/mol. The number of rotatable bonds is 5. The van der Waals surface area contributed by atoms with Crippen molar-refractivity contribution in [2.24, 2.45) is 5.73 Å². The molecule has 2 heterocycles. The summed E-state index contributed by atoms with van der Waals surface area (Å²) in [5.74, 6) is 1.40. The van der Waals surface area contributed by atoms with Gasteiger partial charge in [-0.05, 0) is 42.8 Å². The first-order valence-corrected chi connectivity index (χ1v) is 10.0. The number of nitrogens with two attached hydrogens (primary N) is 1. The predicted molar refractivity (Wildman–Crippen MR) is 119 cm³/mol. The van der Waals surface area contributed by atoms with Crippen LogP contribution in [0.1, 0.15) is 18.5 Å². The van der Waals surface area contributed by atoms with Crippen LogP contribution in [0.3, 0.4) is 0 Å². The van der Waals surface area contributed by atoms with Gasteiger partial charge in [-0.2, -0.15) is 4.98 Å². The van der Waals surface area contributed by atoms with Gasteiger partial charge in [-0.3, -0.25) is 4.79 Å². The van der Waals surface area contributed by atoms with Crippen molar-refractivity contribution in [1.82, 2.24) is 14.8 Å². The van der Waals surface area contributed by atoms with E-state index in [0.29, 0.717) is 50.2 Å². The second-order valence-electron chi connectivity index (χ2n) is 6.88. The maximum Gasteiger partial charge on any atom is 0.248 e. The fraction of sp³-hybridized carbons (Fsp3) is 0.190. The molecule has 2 aromatic carbocycles. The largest absolute Gasteiger partial charge is 0.493 e. The van der Waals surface area contributed by atoms with Gasteiger partial charge in [0.2, 0.25) is 11.9 Å². The van der Waals surface area contributed by atoms with Gasteiger partial charge in [0.15, 0.2) is 17.3 Å². The fourth-order valence-electron chi connectivity index (χ4n) is 3.56. The molecular formula is C21H19Cl2N5O3. The second kappa shape index (κ2) is 8.13. The third-order valence-electron chi connectivity index (χ3n) is 5.02. The number of fused-ring (bicyclic) bond motifs is 1. The van der Waals surface area contributed by atoms with Crippen LogP contribution in [0.2, 0.25) is 10.0 Å². The number of halogens is 2. The van der Waals surface area contributed by atoms with Gasteiger partial charge in [-0.15, -0.1) is 5.10 Å². The molecular weight excluding hydrogens is 441 g/mol. The first-order valence-electron chi connectivity index (χ1n) is 9.25. The molecule has 0 bridgehead atoms. The highest BCUT2D eigenvalue weighted by atomic mass is 35.5. The molecule has 1 aromatic heterocycles. The van der Waals surface area contributed by atoms with E-state index in [1.54, 1.807) is 56.2 Å². The van der Waals surface area contributed by atoms with Gasteiger partial charge in [0.25, 0.3) is 0 Å². The summed E-state index contributed by atoms with van der Waals surface area (Å²) in [5, 5.41) is 8.58. The topological polar surface area (TPSA) is 104 Å². The van der Waals surface area contributed by atoms with Crippen LogP contribution in [0.4, 0.5) is 5.95 Å². The van der Waals surface area contributed by atoms with E-state index in [4.69, 9.17) is 38.4 Å². The van der Waals surface area contributed by atoms with E-state index in [1.165, 1.54) is 0 Å². The number of nitrogens with zero attached hydrogens (tertiary/aromatic N) is 3. The van der Waals surface area contributed by atoms with Crippen molar-refractivity contribution in [3.05, 3.63) is 63.3 Å². The van der Waals surface area contributed by atoms with Crippen LogP contribution >= 0.6 is 23.2 Å². The maximum atomic E-state index is 12.4. The third-order valence-corrected chi connectivity index (χ3v) is 5.76. The highest BCUT2D eigenvalue weighted by molar-refractivity contribution is 6.42. The smallest absolute Gasteiger partial charge is 0.248 e. The Morgan fingerprint density at radius 1 is 1.10 bits per heavy atom. The van der Waals surface area contributed by atoms with Crippen molar-refractivity contribution in [3.63, 3.8) is 0 Å². The van der Waals surface area contributed by atoms with Crippen LogP contribution in [-0.2, 0) is 4.79 Å². The lowest BCUT2D eigenvalue weighted by Crippen LogP contribution is -2.31. The zero-order valence-electron chi connectivity index (χ0n) is 16.9. The van der Waals surface area contributed by atoms with Crippen LogP contribution < -0.4 is 20.5 Å². The summed E-state index contributed by atoms with van der Waals surface area (Å²) < 4.78 is 12.4. The summed E-state index contributed by atoms with van der Waals surface area (Å²) in [6.07, 6.45) is 0. The molecule has 0 saturated carbocycles. The Bertz CT molecular complexity index is 1220. The minimum atomic E-state index is -0.613. The van der Waals surface area contributed by atoms with E-state index >= 15 is 0 Å². The number of methoxy groups -OCH3 is 2. The van der Waals surface area contributed by atoms with Crippen molar-refractivity contribution >= 4 is 35.1 Å². The molecule has 4 rings (SSSR count). The number of allylic oxidation sites excluding steroid dienone is 1. The number of anilines is 1. The van der Waals surface area contributed by atoms with E-state index in [1.807, 2.05) is 6.07 Å². The summed E-state index contributed by atoms with van der Waals surface area (Å²) in [6, 6.07) is 9.91. The molecule has 8 nitrogen and oxygen atoms in total. The molecule has 0 radical (unpaired) electrons. The van der Waals surface area contributed by atoms with Gasteiger partial charge in [0.05, 0.1) is 29.8 Å². The third kappa shape index (κ3) is 3.68. The molecule has 31 heavy (non-hydrogen) atoms. The van der Waals surface area contributed by atoms with Gasteiger partial charge < -0.3 is 20.5 Å². The standard InChI is InChI=1S/C21H19Cl2N5O3/c1-10-17(19(24)29)18(11-5-7-15(30-2)16(9-11)31-3)28-21(25-10)26-20(27-28)12-4-6-13(22)14(23)8-12/h4-9,18H,1-3H3,(H2,24,29)(H,25,26,27). The lowest BCUT2D eigenvalue weighted by atomic mass is 9.95. The van der Waals surface area contributed by atoms with Crippen molar-refractivity contribution in [2.75, 3.05) is 19.5 Å². The lowest BCUT2D eigenvalue weighted by Gasteiger charge is -2.28. The van der Waals surface area contributed by atoms with Gasteiger partial charge in [-0.25, -0.2) is 4.68 Å². The van der Waals surface area contributed by atoms with Crippen LogP contribution in [-0.4, -0.2) is 34.9 Å². The summed E-state index contributed by atoms with van der Waals surface area (Å²) in [6.45, 7) is 1.77. The van der Waals surface area contributed by atoms with Gasteiger partial charge in [0.1, 0.15) is 6.04 Å². The molecule has 1 atom stereocenters. The van der Waals surface area contributed by atoms with Crippen LogP contribution in [0.25, 0.3) is 11.4 Å². The van der Waals surface area contributed by atoms with Crippen LogP contribution in [0.15, 0.2) is 47.7 Å². The Morgan fingerprint density at radius 3 is 2.48 bits per heavy atom. The number of ether oxygens (including phenoxy) is 2. The van der Waals surface area contributed by atoms with E-state index in [-0.39, 0.29) is 0 Å². The second-order valence-corrected chi connectivity index (χ2v) is 7.69. The number of aromatic nitrogens is 3. The predicted octanol–water partition coefficient (Wildman–Crippen LogP) is 4.04. The summed E-state index contributed by atoms with van der Waals surface area (Å²) in [4.78, 5) is 17.0. The molecule has 0 fully saturated rings. The minimum Gasteiger partial charge on any atom is -0.493 e. The summed E-state index contributed by atoms with van der Waals surface area (Å²) in [5.41, 5.74) is 8.11. The zero-order valence-corrected chi connectivity index (χ0v) is 18.5. The summed E-state index contributed by atoms with van der Waals surface area (Å²) >= 11 is 12.2. The fourth-order valence-corrected chi connectivity index (χ4v) is 3.86. The Morgan fingerprint density at radius 2 is 1.84 bits per heavy atom. The van der Waals surface area contributed by atoms with Crippen molar-refractivity contribution in [3.8, 4) is 22.9 Å². The van der Waals surface area contributed by atoms with Gasteiger partial charge in [0, 0.05) is 11.3 Å². The van der Waals surface area contributed by atoms with Gasteiger partial charge >= 0.3 is 0 Å². The highest BCUT2D eigenvalue weighted by Crippen LogP contribution is 2.39. The number of hydrogen-bond acceptors (Lipinski definition) is 6. The minimum absolute atomic E-state index is 0.366. The number of hydrogen-bond donors (Lipinski definition) is 2. The maximum absolute atomic E-state index is 12.4. The Kier molecular flexibility index (Phi) is 5.51. The molecule has 0 aliphatic carbocycles. The summed E-state index contributed by atoms with van der Waals surface area (Å²) in [7, 11) is 3.10. The Hall–Kier alpha value is -3.23. The molecule has 3 aromatic rings. The number of carbonyl (C=O) groups excluding carboxylic acids is 1. The molecule has 3 N–H and O–H groups in total. The Labute approximate surface area is 188 Å². The zero-order chi connectivity index (χ0) is 22.3. The van der Waals surface area contributed by atoms with Crippen LogP contribution in [0.5, 0.6) is 11.5 Å². The van der Waals surface area contributed by atoms with E-state index in [0.717, 1.165) is 5.56 Å². The molecule has 10 heteroatoms. The molecule has 1 amide bonds. The molecule has 160 valence electrons. The molecule has 0 spiro atoms.